The minimum atomic E-state index is 0.349. The molecule has 0 radical (unpaired) electrons. The van der Waals surface area contributed by atoms with Gasteiger partial charge in [-0.1, -0.05) is 30.7 Å². The minimum absolute atomic E-state index is 0.349. The average molecular weight is 256 g/mol. The van der Waals surface area contributed by atoms with Crippen molar-refractivity contribution in [3.8, 4) is 0 Å². The van der Waals surface area contributed by atoms with Crippen molar-refractivity contribution in [1.82, 2.24) is 9.80 Å². The third kappa shape index (κ3) is 2.67. The summed E-state index contributed by atoms with van der Waals surface area (Å²) in [4.78, 5) is 4.65. The first-order valence-corrected chi connectivity index (χ1v) is 6.96. The molecular formula is C17H24N2. The number of hydrogen-bond donors (Lipinski definition) is 0. The molecule has 0 aromatic carbocycles. The Morgan fingerprint density at radius 2 is 2.05 bits per heavy atom. The normalized spacial score (nSPS) is 22.2. The standard InChI is InChI=1S/C17H24N2/c1-6-15(10-9-13(2)3)16-12-19-11-7-8-14(4)17(19)18(16)5/h7-12,17H,6H2,1-5H3/b15-10+. The number of likely N-dealkylation sites (N-methyl/N-ethyl adjacent to an activating group) is 1. The van der Waals surface area contributed by atoms with E-state index in [4.69, 9.17) is 0 Å². The molecule has 0 N–H and O–H groups in total. The maximum atomic E-state index is 2.36. The van der Waals surface area contributed by atoms with Gasteiger partial charge in [0.25, 0.3) is 0 Å². The first kappa shape index (κ1) is 13.7. The lowest BCUT2D eigenvalue weighted by atomic mass is 10.1. The summed E-state index contributed by atoms with van der Waals surface area (Å²) < 4.78 is 0. The highest BCUT2D eigenvalue weighted by molar-refractivity contribution is 5.39. The van der Waals surface area contributed by atoms with Gasteiger partial charge in [-0.05, 0) is 44.4 Å². The van der Waals surface area contributed by atoms with Crippen LogP contribution in [0.3, 0.4) is 0 Å². The van der Waals surface area contributed by atoms with E-state index in [0.717, 1.165) is 6.42 Å². The second-order valence-corrected chi connectivity index (χ2v) is 5.49. The van der Waals surface area contributed by atoms with Gasteiger partial charge >= 0.3 is 0 Å². The molecule has 0 fully saturated rings. The number of nitrogens with zero attached hydrogens (tertiary/aromatic N) is 2. The smallest absolute Gasteiger partial charge is 0.127 e. The van der Waals surface area contributed by atoms with Gasteiger partial charge in [0, 0.05) is 19.4 Å². The molecule has 0 spiro atoms. The van der Waals surface area contributed by atoms with Gasteiger partial charge in [0.2, 0.25) is 0 Å². The van der Waals surface area contributed by atoms with E-state index in [9.17, 15) is 0 Å². The van der Waals surface area contributed by atoms with Gasteiger partial charge in [0.15, 0.2) is 0 Å². The number of rotatable bonds is 3. The van der Waals surface area contributed by atoms with E-state index in [2.05, 4.69) is 81.2 Å². The van der Waals surface area contributed by atoms with Crippen LogP contribution >= 0.6 is 0 Å². The van der Waals surface area contributed by atoms with Crippen LogP contribution in [-0.2, 0) is 0 Å². The van der Waals surface area contributed by atoms with Crippen LogP contribution in [0.2, 0.25) is 0 Å². The summed E-state index contributed by atoms with van der Waals surface area (Å²) in [5, 5.41) is 0. The Bertz CT molecular complexity index is 499. The Labute approximate surface area is 117 Å². The van der Waals surface area contributed by atoms with Gasteiger partial charge < -0.3 is 9.80 Å². The molecule has 0 saturated carbocycles. The summed E-state index contributed by atoms with van der Waals surface area (Å²) in [7, 11) is 2.18. The second-order valence-electron chi connectivity index (χ2n) is 5.49. The van der Waals surface area contributed by atoms with Crippen molar-refractivity contribution in [2.45, 2.75) is 40.3 Å². The van der Waals surface area contributed by atoms with Crippen LogP contribution in [0, 0.1) is 0 Å². The van der Waals surface area contributed by atoms with Crippen molar-refractivity contribution in [3.05, 3.63) is 59.1 Å². The number of fused-ring (bicyclic) bond motifs is 1. The summed E-state index contributed by atoms with van der Waals surface area (Å²) in [6, 6.07) is 0. The quantitative estimate of drug-likeness (QED) is 0.699. The second kappa shape index (κ2) is 5.52. The molecule has 102 valence electrons. The molecule has 2 heterocycles. The van der Waals surface area contributed by atoms with Crippen LogP contribution in [0.15, 0.2) is 59.1 Å². The van der Waals surface area contributed by atoms with Crippen molar-refractivity contribution < 1.29 is 0 Å². The largest absolute Gasteiger partial charge is 0.349 e. The molecule has 2 aliphatic heterocycles. The number of hydrogen-bond acceptors (Lipinski definition) is 2. The number of allylic oxidation sites excluding steroid dienone is 6. The molecule has 2 nitrogen and oxygen atoms in total. The highest BCUT2D eigenvalue weighted by Crippen LogP contribution is 2.33. The van der Waals surface area contributed by atoms with Crippen molar-refractivity contribution in [2.75, 3.05) is 7.05 Å². The molecule has 2 heteroatoms. The van der Waals surface area contributed by atoms with E-state index in [1.807, 2.05) is 0 Å². The van der Waals surface area contributed by atoms with Crippen LogP contribution in [-0.4, -0.2) is 23.0 Å². The molecule has 2 aliphatic rings. The fourth-order valence-corrected chi connectivity index (χ4v) is 2.64. The molecule has 0 saturated heterocycles. The van der Waals surface area contributed by atoms with E-state index >= 15 is 0 Å². The summed E-state index contributed by atoms with van der Waals surface area (Å²) >= 11 is 0. The molecule has 1 atom stereocenters. The third-order valence-corrected chi connectivity index (χ3v) is 3.65. The Morgan fingerprint density at radius 3 is 2.63 bits per heavy atom. The van der Waals surface area contributed by atoms with Crippen LogP contribution in [0.4, 0.5) is 0 Å². The molecule has 0 aliphatic carbocycles. The van der Waals surface area contributed by atoms with E-state index in [0.29, 0.717) is 6.17 Å². The Morgan fingerprint density at radius 1 is 1.32 bits per heavy atom. The Kier molecular flexibility index (Phi) is 3.98. The zero-order valence-corrected chi connectivity index (χ0v) is 12.6. The topological polar surface area (TPSA) is 6.48 Å². The molecule has 19 heavy (non-hydrogen) atoms. The monoisotopic (exact) mass is 256 g/mol. The van der Waals surface area contributed by atoms with Crippen LogP contribution in [0.5, 0.6) is 0 Å². The van der Waals surface area contributed by atoms with Gasteiger partial charge in [-0.2, -0.15) is 0 Å². The molecule has 0 bridgehead atoms. The lowest BCUT2D eigenvalue weighted by Gasteiger charge is -2.32. The maximum Gasteiger partial charge on any atom is 0.127 e. The molecular weight excluding hydrogens is 232 g/mol. The predicted molar refractivity (Wildman–Crippen MR) is 82.2 cm³/mol. The highest BCUT2D eigenvalue weighted by atomic mass is 15.4. The molecule has 0 aromatic heterocycles. The Balaban J connectivity index is 2.31. The molecule has 0 aromatic rings. The van der Waals surface area contributed by atoms with Gasteiger partial charge in [-0.15, -0.1) is 0 Å². The van der Waals surface area contributed by atoms with Gasteiger partial charge in [0.05, 0.1) is 5.70 Å². The van der Waals surface area contributed by atoms with Crippen molar-refractivity contribution in [1.29, 1.82) is 0 Å². The predicted octanol–water partition coefficient (Wildman–Crippen LogP) is 4.18. The van der Waals surface area contributed by atoms with E-state index in [1.165, 1.54) is 22.4 Å². The fourth-order valence-electron chi connectivity index (χ4n) is 2.64. The van der Waals surface area contributed by atoms with Crippen LogP contribution in [0.25, 0.3) is 0 Å². The van der Waals surface area contributed by atoms with Gasteiger partial charge in [-0.25, -0.2) is 0 Å². The first-order chi connectivity index (χ1) is 9.04. The third-order valence-electron chi connectivity index (χ3n) is 3.65. The van der Waals surface area contributed by atoms with Crippen molar-refractivity contribution in [3.63, 3.8) is 0 Å². The fraction of sp³-hybridized carbons (Fsp3) is 0.412. The summed E-state index contributed by atoms with van der Waals surface area (Å²) in [5.41, 5.74) is 5.43. The van der Waals surface area contributed by atoms with Crippen molar-refractivity contribution >= 4 is 0 Å². The minimum Gasteiger partial charge on any atom is -0.349 e. The molecule has 1 unspecified atom stereocenters. The highest BCUT2D eigenvalue weighted by Gasteiger charge is 2.31. The van der Waals surface area contributed by atoms with E-state index in [-0.39, 0.29) is 0 Å². The first-order valence-electron chi connectivity index (χ1n) is 6.96. The molecule has 0 amide bonds. The SMILES string of the molecule is CC/C(=C\C=C(C)C)C1=CN2C=CC=C(C)C2N1C. The Hall–Kier alpha value is -1.70. The van der Waals surface area contributed by atoms with Gasteiger partial charge in [-0.3, -0.25) is 0 Å². The average Bonchev–Trinajstić information content (AvgIpc) is 2.69. The maximum absolute atomic E-state index is 2.36. The lowest BCUT2D eigenvalue weighted by molar-refractivity contribution is 0.251. The van der Waals surface area contributed by atoms with Crippen LogP contribution < -0.4 is 0 Å². The summed E-state index contributed by atoms with van der Waals surface area (Å²) in [5.74, 6) is 0. The summed E-state index contributed by atoms with van der Waals surface area (Å²) in [6.07, 6.45) is 14.6. The van der Waals surface area contributed by atoms with Gasteiger partial charge in [0.1, 0.15) is 6.17 Å². The zero-order chi connectivity index (χ0) is 14.0. The van der Waals surface area contributed by atoms with Crippen molar-refractivity contribution in [2.24, 2.45) is 0 Å². The van der Waals surface area contributed by atoms with E-state index < -0.39 is 0 Å². The zero-order valence-electron chi connectivity index (χ0n) is 12.6. The van der Waals surface area contributed by atoms with Crippen LogP contribution in [0.1, 0.15) is 34.1 Å². The summed E-state index contributed by atoms with van der Waals surface area (Å²) in [6.45, 7) is 8.68. The lowest BCUT2D eigenvalue weighted by Crippen LogP contribution is -2.37. The van der Waals surface area contributed by atoms with E-state index in [1.54, 1.807) is 0 Å². The molecule has 2 rings (SSSR count).